The normalized spacial score (nSPS) is 21.3. The maximum absolute atomic E-state index is 6.09. The van der Waals surface area contributed by atoms with E-state index < -0.39 is 0 Å². The van der Waals surface area contributed by atoms with Crippen molar-refractivity contribution in [2.45, 2.75) is 32.7 Å². The van der Waals surface area contributed by atoms with Crippen LogP contribution in [-0.2, 0) is 0 Å². The van der Waals surface area contributed by atoms with Crippen LogP contribution in [-0.4, -0.2) is 24.5 Å². The zero-order valence-corrected chi connectivity index (χ0v) is 13.1. The zero-order valence-electron chi connectivity index (χ0n) is 11.6. The first kappa shape index (κ1) is 15.1. The highest BCUT2D eigenvalue weighted by Crippen LogP contribution is 2.34. The molecule has 1 aromatic rings. The van der Waals surface area contributed by atoms with Crippen LogP contribution in [0, 0.1) is 5.41 Å². The van der Waals surface area contributed by atoms with Gasteiger partial charge >= 0.3 is 0 Å². The molecule has 2 nitrogen and oxygen atoms in total. The number of hydrogen-bond acceptors (Lipinski definition) is 2. The van der Waals surface area contributed by atoms with Gasteiger partial charge in [-0.25, -0.2) is 0 Å². The average Bonchev–Trinajstić information content (AvgIpc) is 2.31. The second kappa shape index (κ2) is 6.01. The second-order valence-corrected chi connectivity index (χ2v) is 7.03. The first-order valence-electron chi connectivity index (χ1n) is 6.81. The first-order chi connectivity index (χ1) is 8.91. The molecule has 2 rings (SSSR count). The molecule has 1 atom stereocenters. The molecule has 1 fully saturated rings. The van der Waals surface area contributed by atoms with Crippen LogP contribution in [0.1, 0.15) is 38.3 Å². The Kier molecular flexibility index (Phi) is 4.78. The molecule has 2 N–H and O–H groups in total. The maximum atomic E-state index is 6.09. The number of halogens is 2. The fraction of sp³-hybridized carbons (Fsp3) is 0.600. The lowest BCUT2D eigenvalue weighted by Crippen LogP contribution is -2.42. The summed E-state index contributed by atoms with van der Waals surface area (Å²) >= 11 is 12.2. The van der Waals surface area contributed by atoms with Crippen molar-refractivity contribution < 1.29 is 0 Å². The Balaban J connectivity index is 2.16. The molecule has 19 heavy (non-hydrogen) atoms. The lowest BCUT2D eigenvalue weighted by molar-refractivity contribution is 0.0964. The van der Waals surface area contributed by atoms with Gasteiger partial charge in [0.15, 0.2) is 0 Å². The Morgan fingerprint density at radius 2 is 1.68 bits per heavy atom. The number of likely N-dealkylation sites (tertiary alicyclic amines) is 1. The minimum atomic E-state index is 0.215. The van der Waals surface area contributed by atoms with E-state index >= 15 is 0 Å². The zero-order chi connectivity index (χ0) is 14.0. The molecule has 1 heterocycles. The van der Waals surface area contributed by atoms with Crippen LogP contribution in [0.15, 0.2) is 18.2 Å². The van der Waals surface area contributed by atoms with Gasteiger partial charge in [0.1, 0.15) is 0 Å². The fourth-order valence-corrected chi connectivity index (χ4v) is 3.25. The van der Waals surface area contributed by atoms with Crippen molar-refractivity contribution in [1.29, 1.82) is 0 Å². The Morgan fingerprint density at radius 3 is 2.16 bits per heavy atom. The number of rotatable bonds is 3. The van der Waals surface area contributed by atoms with Gasteiger partial charge in [0.05, 0.1) is 0 Å². The van der Waals surface area contributed by atoms with Gasteiger partial charge < -0.3 is 5.73 Å². The molecule has 0 saturated carbocycles. The number of nitrogens with zero attached hydrogens (tertiary/aromatic N) is 1. The highest BCUT2D eigenvalue weighted by Gasteiger charge is 2.29. The van der Waals surface area contributed by atoms with Crippen molar-refractivity contribution in [3.05, 3.63) is 33.8 Å². The molecule has 1 unspecified atom stereocenters. The van der Waals surface area contributed by atoms with Crippen molar-refractivity contribution in [1.82, 2.24) is 4.90 Å². The van der Waals surface area contributed by atoms with Gasteiger partial charge in [0.25, 0.3) is 0 Å². The molecule has 0 bridgehead atoms. The Morgan fingerprint density at radius 1 is 1.16 bits per heavy atom. The number of piperidine rings is 1. The molecule has 1 aromatic carbocycles. The third-order valence-electron chi connectivity index (χ3n) is 4.09. The summed E-state index contributed by atoms with van der Waals surface area (Å²) in [7, 11) is 0. The molecule has 106 valence electrons. The molecule has 1 aliphatic rings. The standard InChI is InChI=1S/C15H22Cl2N2/c1-15(2)3-5-19(6-4-15)14(10-18)11-7-12(16)9-13(17)8-11/h7-9,14H,3-6,10,18H2,1-2H3. The third kappa shape index (κ3) is 3.85. The van der Waals surface area contributed by atoms with Gasteiger partial charge in [-0.15, -0.1) is 0 Å². The molecule has 0 radical (unpaired) electrons. The van der Waals surface area contributed by atoms with Crippen LogP contribution in [0.5, 0.6) is 0 Å². The van der Waals surface area contributed by atoms with Crippen molar-refractivity contribution in [2.75, 3.05) is 19.6 Å². The number of benzene rings is 1. The second-order valence-electron chi connectivity index (χ2n) is 6.15. The molecule has 1 aliphatic heterocycles. The lowest BCUT2D eigenvalue weighted by atomic mass is 9.82. The van der Waals surface area contributed by atoms with Crippen LogP contribution in [0.3, 0.4) is 0 Å². The van der Waals surface area contributed by atoms with Crippen LogP contribution < -0.4 is 5.73 Å². The van der Waals surface area contributed by atoms with E-state index in [0.717, 1.165) is 18.7 Å². The van der Waals surface area contributed by atoms with Gasteiger partial charge in [-0.05, 0) is 55.1 Å². The Labute approximate surface area is 125 Å². The third-order valence-corrected chi connectivity index (χ3v) is 4.52. The van der Waals surface area contributed by atoms with Crippen LogP contribution >= 0.6 is 23.2 Å². The molecule has 4 heteroatoms. The Bertz CT molecular complexity index is 416. The van der Waals surface area contributed by atoms with Gasteiger partial charge in [-0.1, -0.05) is 37.0 Å². The topological polar surface area (TPSA) is 29.3 Å². The highest BCUT2D eigenvalue weighted by atomic mass is 35.5. The van der Waals surface area contributed by atoms with Gasteiger partial charge in [0.2, 0.25) is 0 Å². The lowest BCUT2D eigenvalue weighted by Gasteiger charge is -2.41. The highest BCUT2D eigenvalue weighted by molar-refractivity contribution is 6.34. The van der Waals surface area contributed by atoms with E-state index in [2.05, 4.69) is 18.7 Å². The summed E-state index contributed by atoms with van der Waals surface area (Å²) in [5.74, 6) is 0. The van der Waals surface area contributed by atoms with E-state index in [1.807, 2.05) is 12.1 Å². The summed E-state index contributed by atoms with van der Waals surface area (Å²) in [5, 5.41) is 1.36. The largest absolute Gasteiger partial charge is 0.329 e. The maximum Gasteiger partial charge on any atom is 0.0471 e. The predicted octanol–water partition coefficient (Wildman–Crippen LogP) is 4.12. The molecular formula is C15H22Cl2N2. The van der Waals surface area contributed by atoms with Crippen molar-refractivity contribution in [3.8, 4) is 0 Å². The van der Waals surface area contributed by atoms with E-state index in [4.69, 9.17) is 28.9 Å². The van der Waals surface area contributed by atoms with Crippen molar-refractivity contribution in [2.24, 2.45) is 11.1 Å². The van der Waals surface area contributed by atoms with E-state index in [1.165, 1.54) is 12.8 Å². The van der Waals surface area contributed by atoms with Crippen LogP contribution in [0.25, 0.3) is 0 Å². The van der Waals surface area contributed by atoms with Gasteiger partial charge in [-0.2, -0.15) is 0 Å². The van der Waals surface area contributed by atoms with E-state index in [-0.39, 0.29) is 6.04 Å². The van der Waals surface area contributed by atoms with Crippen molar-refractivity contribution >= 4 is 23.2 Å². The molecule has 0 amide bonds. The molecule has 1 saturated heterocycles. The first-order valence-corrected chi connectivity index (χ1v) is 7.57. The minimum absolute atomic E-state index is 0.215. The minimum Gasteiger partial charge on any atom is -0.329 e. The summed E-state index contributed by atoms with van der Waals surface area (Å²) in [5.41, 5.74) is 7.55. The average molecular weight is 301 g/mol. The molecule has 0 aromatic heterocycles. The van der Waals surface area contributed by atoms with E-state index in [9.17, 15) is 0 Å². The van der Waals surface area contributed by atoms with E-state index in [1.54, 1.807) is 6.07 Å². The van der Waals surface area contributed by atoms with Crippen molar-refractivity contribution in [3.63, 3.8) is 0 Å². The summed E-state index contributed by atoms with van der Waals surface area (Å²) in [6, 6.07) is 5.93. The van der Waals surface area contributed by atoms with Gasteiger partial charge in [-0.3, -0.25) is 4.90 Å². The molecule has 0 aliphatic carbocycles. The summed E-state index contributed by atoms with van der Waals surface area (Å²) in [6.45, 7) is 7.42. The van der Waals surface area contributed by atoms with E-state index in [0.29, 0.717) is 22.0 Å². The predicted molar refractivity (Wildman–Crippen MR) is 82.8 cm³/mol. The number of nitrogens with two attached hydrogens (primary N) is 1. The van der Waals surface area contributed by atoms with Crippen LogP contribution in [0.4, 0.5) is 0 Å². The SMILES string of the molecule is CC1(C)CCN(C(CN)c2cc(Cl)cc(Cl)c2)CC1. The number of hydrogen-bond donors (Lipinski definition) is 1. The van der Waals surface area contributed by atoms with Crippen LogP contribution in [0.2, 0.25) is 10.0 Å². The molecule has 0 spiro atoms. The summed E-state index contributed by atoms with van der Waals surface area (Å²) in [6.07, 6.45) is 2.41. The fourth-order valence-electron chi connectivity index (χ4n) is 2.70. The smallest absolute Gasteiger partial charge is 0.0471 e. The Hall–Kier alpha value is -0.280. The monoisotopic (exact) mass is 300 g/mol. The van der Waals surface area contributed by atoms with Gasteiger partial charge in [0, 0.05) is 22.6 Å². The summed E-state index contributed by atoms with van der Waals surface area (Å²) in [4.78, 5) is 2.45. The summed E-state index contributed by atoms with van der Waals surface area (Å²) < 4.78 is 0. The molecular weight excluding hydrogens is 279 g/mol. The quantitative estimate of drug-likeness (QED) is 0.910.